The number of carbonyl (C=O) groups is 2. The Kier molecular flexibility index (Phi) is 4.56. The summed E-state index contributed by atoms with van der Waals surface area (Å²) in [7, 11) is 0. The highest BCUT2D eigenvalue weighted by atomic mass is 16.6. The average Bonchev–Trinajstić information content (AvgIpc) is 3.04. The number of epoxide rings is 1. The zero-order valence-corrected chi connectivity index (χ0v) is 8.18. The lowest BCUT2D eigenvalue weighted by Crippen LogP contribution is -2.08. The SMILES string of the molecule is C=CCOC(=O)C=CC(=O)OCC1CO1. The summed E-state index contributed by atoms with van der Waals surface area (Å²) in [4.78, 5) is 21.8. The van der Waals surface area contributed by atoms with Crippen LogP contribution in [0.25, 0.3) is 0 Å². The number of esters is 2. The quantitative estimate of drug-likeness (QED) is 0.272. The van der Waals surface area contributed by atoms with Crippen LogP contribution in [0.1, 0.15) is 0 Å². The summed E-state index contributed by atoms with van der Waals surface area (Å²) in [5.41, 5.74) is 0. The predicted molar refractivity (Wildman–Crippen MR) is 51.0 cm³/mol. The Labute approximate surface area is 87.3 Å². The summed E-state index contributed by atoms with van der Waals surface area (Å²) in [5.74, 6) is -1.18. The van der Waals surface area contributed by atoms with Gasteiger partial charge in [-0.1, -0.05) is 12.7 Å². The third-order valence-corrected chi connectivity index (χ3v) is 1.51. The van der Waals surface area contributed by atoms with Gasteiger partial charge < -0.3 is 14.2 Å². The Morgan fingerprint density at radius 2 is 1.93 bits per heavy atom. The molecule has 1 aliphatic rings. The van der Waals surface area contributed by atoms with E-state index in [-0.39, 0.29) is 19.3 Å². The van der Waals surface area contributed by atoms with E-state index in [1.165, 1.54) is 6.08 Å². The van der Waals surface area contributed by atoms with E-state index < -0.39 is 11.9 Å². The summed E-state index contributed by atoms with van der Waals surface area (Å²) in [6, 6.07) is 0. The van der Waals surface area contributed by atoms with Crippen LogP contribution in [-0.2, 0) is 23.8 Å². The minimum absolute atomic E-state index is 0.0232. The van der Waals surface area contributed by atoms with E-state index in [4.69, 9.17) is 9.47 Å². The fraction of sp³-hybridized carbons (Fsp3) is 0.400. The van der Waals surface area contributed by atoms with Crippen molar-refractivity contribution < 1.29 is 23.8 Å². The molecular formula is C10H12O5. The van der Waals surface area contributed by atoms with Gasteiger partial charge in [0, 0.05) is 12.2 Å². The molecule has 1 saturated heterocycles. The summed E-state index contributed by atoms with van der Waals surface area (Å²) in [5, 5.41) is 0. The fourth-order valence-corrected chi connectivity index (χ4v) is 0.713. The second-order valence-corrected chi connectivity index (χ2v) is 2.84. The lowest BCUT2D eigenvalue weighted by atomic mass is 10.5. The van der Waals surface area contributed by atoms with Crippen LogP contribution in [0.3, 0.4) is 0 Å². The van der Waals surface area contributed by atoms with Crippen molar-refractivity contribution in [1.29, 1.82) is 0 Å². The van der Waals surface area contributed by atoms with Gasteiger partial charge in [-0.15, -0.1) is 0 Å². The Morgan fingerprint density at radius 1 is 1.33 bits per heavy atom. The van der Waals surface area contributed by atoms with Crippen molar-refractivity contribution in [3.05, 3.63) is 24.8 Å². The summed E-state index contributed by atoms with van der Waals surface area (Å²) in [6.07, 6.45) is 3.50. The second kappa shape index (κ2) is 5.98. The highest BCUT2D eigenvalue weighted by Crippen LogP contribution is 2.08. The lowest BCUT2D eigenvalue weighted by Gasteiger charge is -1.97. The summed E-state index contributed by atoms with van der Waals surface area (Å²) in [6.45, 7) is 4.35. The first-order chi connectivity index (χ1) is 7.22. The molecule has 0 aromatic rings. The van der Waals surface area contributed by atoms with Crippen molar-refractivity contribution in [2.24, 2.45) is 0 Å². The maximum absolute atomic E-state index is 11.0. The molecule has 0 spiro atoms. The molecule has 0 N–H and O–H groups in total. The molecule has 5 heteroatoms. The minimum atomic E-state index is -0.602. The predicted octanol–water partition coefficient (Wildman–Crippen LogP) is 0.214. The first-order valence-electron chi connectivity index (χ1n) is 4.46. The van der Waals surface area contributed by atoms with Crippen molar-refractivity contribution >= 4 is 11.9 Å². The molecule has 15 heavy (non-hydrogen) atoms. The fourth-order valence-electron chi connectivity index (χ4n) is 0.713. The highest BCUT2D eigenvalue weighted by Gasteiger charge is 2.23. The third-order valence-electron chi connectivity index (χ3n) is 1.51. The zero-order chi connectivity index (χ0) is 11.1. The molecule has 0 aliphatic carbocycles. The van der Waals surface area contributed by atoms with Gasteiger partial charge in [0.05, 0.1) is 6.61 Å². The van der Waals surface area contributed by atoms with Gasteiger partial charge in [0.25, 0.3) is 0 Å². The van der Waals surface area contributed by atoms with Gasteiger partial charge in [0.15, 0.2) is 0 Å². The van der Waals surface area contributed by atoms with E-state index in [0.717, 1.165) is 12.2 Å². The van der Waals surface area contributed by atoms with Crippen molar-refractivity contribution in [3.8, 4) is 0 Å². The Balaban J connectivity index is 2.13. The smallest absolute Gasteiger partial charge is 0.331 e. The Bertz CT molecular complexity index is 278. The number of hydrogen-bond acceptors (Lipinski definition) is 5. The van der Waals surface area contributed by atoms with Crippen molar-refractivity contribution in [3.63, 3.8) is 0 Å². The summed E-state index contributed by atoms with van der Waals surface area (Å²) < 4.78 is 14.2. The number of hydrogen-bond donors (Lipinski definition) is 0. The van der Waals surface area contributed by atoms with E-state index in [0.29, 0.717) is 6.61 Å². The van der Waals surface area contributed by atoms with E-state index in [2.05, 4.69) is 11.3 Å². The van der Waals surface area contributed by atoms with Crippen molar-refractivity contribution in [2.45, 2.75) is 6.10 Å². The van der Waals surface area contributed by atoms with Crippen LogP contribution in [0.15, 0.2) is 24.8 Å². The van der Waals surface area contributed by atoms with Crippen LogP contribution in [0.4, 0.5) is 0 Å². The monoisotopic (exact) mass is 212 g/mol. The molecule has 1 fully saturated rings. The van der Waals surface area contributed by atoms with Gasteiger partial charge in [0.2, 0.25) is 0 Å². The molecular weight excluding hydrogens is 200 g/mol. The largest absolute Gasteiger partial charge is 0.460 e. The Hall–Kier alpha value is -1.62. The number of carbonyl (C=O) groups excluding carboxylic acids is 2. The van der Waals surface area contributed by atoms with Crippen LogP contribution in [0.5, 0.6) is 0 Å². The molecule has 0 radical (unpaired) electrons. The normalized spacial score (nSPS) is 18.5. The van der Waals surface area contributed by atoms with Crippen LogP contribution < -0.4 is 0 Å². The lowest BCUT2D eigenvalue weighted by molar-refractivity contribution is -0.140. The molecule has 5 nitrogen and oxygen atoms in total. The maximum Gasteiger partial charge on any atom is 0.331 e. The molecule has 1 atom stereocenters. The van der Waals surface area contributed by atoms with Crippen molar-refractivity contribution in [2.75, 3.05) is 19.8 Å². The zero-order valence-electron chi connectivity index (χ0n) is 8.18. The molecule has 0 saturated carbocycles. The third kappa shape index (κ3) is 5.64. The van der Waals surface area contributed by atoms with Gasteiger partial charge in [-0.25, -0.2) is 9.59 Å². The average molecular weight is 212 g/mol. The number of ether oxygens (including phenoxy) is 3. The molecule has 0 bridgehead atoms. The molecule has 1 heterocycles. The second-order valence-electron chi connectivity index (χ2n) is 2.84. The van der Waals surface area contributed by atoms with Crippen LogP contribution in [-0.4, -0.2) is 37.9 Å². The van der Waals surface area contributed by atoms with Crippen LogP contribution in [0, 0.1) is 0 Å². The van der Waals surface area contributed by atoms with Crippen LogP contribution >= 0.6 is 0 Å². The van der Waals surface area contributed by atoms with E-state index >= 15 is 0 Å². The molecule has 1 aliphatic heterocycles. The van der Waals surface area contributed by atoms with Gasteiger partial charge in [-0.2, -0.15) is 0 Å². The van der Waals surface area contributed by atoms with E-state index in [1.807, 2.05) is 0 Å². The molecule has 82 valence electrons. The first kappa shape index (κ1) is 11.5. The first-order valence-corrected chi connectivity index (χ1v) is 4.46. The standard InChI is InChI=1S/C10H12O5/c1-2-5-13-9(11)3-4-10(12)15-7-8-6-14-8/h2-4,8H,1,5-7H2. The van der Waals surface area contributed by atoms with Crippen LogP contribution in [0.2, 0.25) is 0 Å². The summed E-state index contributed by atoms with van der Waals surface area (Å²) >= 11 is 0. The van der Waals surface area contributed by atoms with Gasteiger partial charge >= 0.3 is 11.9 Å². The highest BCUT2D eigenvalue weighted by molar-refractivity contribution is 5.91. The number of rotatable bonds is 6. The van der Waals surface area contributed by atoms with Gasteiger partial charge in [-0.3, -0.25) is 0 Å². The van der Waals surface area contributed by atoms with Gasteiger partial charge in [-0.05, 0) is 0 Å². The minimum Gasteiger partial charge on any atom is -0.460 e. The molecule has 1 unspecified atom stereocenters. The molecule has 0 aromatic heterocycles. The maximum atomic E-state index is 11.0. The molecule has 0 amide bonds. The van der Waals surface area contributed by atoms with Crippen molar-refractivity contribution in [1.82, 2.24) is 0 Å². The van der Waals surface area contributed by atoms with E-state index in [9.17, 15) is 9.59 Å². The Morgan fingerprint density at radius 3 is 2.47 bits per heavy atom. The molecule has 1 rings (SSSR count). The molecule has 0 aromatic carbocycles. The van der Waals surface area contributed by atoms with E-state index in [1.54, 1.807) is 0 Å². The topological polar surface area (TPSA) is 65.1 Å². The van der Waals surface area contributed by atoms with Gasteiger partial charge in [0.1, 0.15) is 19.3 Å².